The summed E-state index contributed by atoms with van der Waals surface area (Å²) in [7, 11) is 0. The van der Waals surface area contributed by atoms with Gasteiger partial charge in [0.15, 0.2) is 11.6 Å². The SMILES string of the molecule is CCOc1ccc(C#Cc2ccc(C)cn2)c(F)c1F. The van der Waals surface area contributed by atoms with E-state index in [2.05, 4.69) is 16.8 Å². The molecule has 20 heavy (non-hydrogen) atoms. The highest BCUT2D eigenvalue weighted by atomic mass is 19.2. The lowest BCUT2D eigenvalue weighted by atomic mass is 10.2. The van der Waals surface area contributed by atoms with Crippen LogP contribution >= 0.6 is 0 Å². The molecule has 0 aliphatic rings. The van der Waals surface area contributed by atoms with Gasteiger partial charge in [-0.15, -0.1) is 0 Å². The van der Waals surface area contributed by atoms with E-state index in [0.717, 1.165) is 5.56 Å². The quantitative estimate of drug-likeness (QED) is 0.782. The molecule has 4 heteroatoms. The second-order valence-corrected chi connectivity index (χ2v) is 4.14. The van der Waals surface area contributed by atoms with E-state index < -0.39 is 11.6 Å². The number of pyridine rings is 1. The molecule has 0 amide bonds. The molecule has 0 fully saturated rings. The lowest BCUT2D eigenvalue weighted by Gasteiger charge is -2.05. The van der Waals surface area contributed by atoms with Crippen molar-refractivity contribution in [2.45, 2.75) is 13.8 Å². The Kier molecular flexibility index (Phi) is 4.31. The number of ether oxygens (including phenoxy) is 1. The van der Waals surface area contributed by atoms with Crippen LogP contribution in [-0.2, 0) is 0 Å². The van der Waals surface area contributed by atoms with Crippen molar-refractivity contribution in [3.05, 3.63) is 58.9 Å². The first-order valence-corrected chi connectivity index (χ1v) is 6.17. The third-order valence-electron chi connectivity index (χ3n) is 2.58. The average Bonchev–Trinajstić information content (AvgIpc) is 2.45. The van der Waals surface area contributed by atoms with Crippen molar-refractivity contribution in [2.24, 2.45) is 0 Å². The molecule has 2 rings (SSSR count). The summed E-state index contributed by atoms with van der Waals surface area (Å²) in [5.74, 6) is 3.15. The van der Waals surface area contributed by atoms with Crippen molar-refractivity contribution < 1.29 is 13.5 Å². The number of rotatable bonds is 2. The summed E-state index contributed by atoms with van der Waals surface area (Å²) in [6.07, 6.45) is 1.67. The zero-order valence-corrected chi connectivity index (χ0v) is 11.2. The fourth-order valence-electron chi connectivity index (χ4n) is 1.57. The van der Waals surface area contributed by atoms with Gasteiger partial charge in [-0.3, -0.25) is 0 Å². The minimum atomic E-state index is -1.02. The predicted octanol–water partition coefficient (Wildman–Crippen LogP) is 3.47. The van der Waals surface area contributed by atoms with Crippen LogP contribution in [0.1, 0.15) is 23.7 Å². The Labute approximate surface area is 116 Å². The first-order chi connectivity index (χ1) is 9.61. The maximum atomic E-state index is 13.8. The molecule has 2 nitrogen and oxygen atoms in total. The summed E-state index contributed by atoms with van der Waals surface area (Å²) in [6.45, 7) is 3.88. The van der Waals surface area contributed by atoms with E-state index in [-0.39, 0.29) is 17.9 Å². The normalized spacial score (nSPS) is 9.80. The molecular formula is C16H13F2NO. The van der Waals surface area contributed by atoms with E-state index >= 15 is 0 Å². The standard InChI is InChI=1S/C16H13F2NO/c1-3-20-14-9-6-12(15(17)16(14)18)5-8-13-7-4-11(2)10-19-13/h4,6-7,9-10H,3H2,1-2H3. The second kappa shape index (κ2) is 6.16. The lowest BCUT2D eigenvalue weighted by molar-refractivity contribution is 0.314. The summed E-state index contributed by atoms with van der Waals surface area (Å²) < 4.78 is 32.4. The Balaban J connectivity index is 2.31. The Bertz CT molecular complexity index is 669. The van der Waals surface area contributed by atoms with Crippen LogP contribution in [0.25, 0.3) is 0 Å². The van der Waals surface area contributed by atoms with Crippen molar-refractivity contribution >= 4 is 0 Å². The molecule has 1 aromatic heterocycles. The van der Waals surface area contributed by atoms with E-state index in [4.69, 9.17) is 4.74 Å². The van der Waals surface area contributed by atoms with Gasteiger partial charge < -0.3 is 4.74 Å². The molecule has 2 aromatic rings. The Morgan fingerprint density at radius 2 is 1.90 bits per heavy atom. The summed E-state index contributed by atoms with van der Waals surface area (Å²) in [6, 6.07) is 6.34. The van der Waals surface area contributed by atoms with E-state index in [1.165, 1.54) is 12.1 Å². The number of hydrogen-bond donors (Lipinski definition) is 0. The molecule has 0 aliphatic heterocycles. The van der Waals surface area contributed by atoms with E-state index in [9.17, 15) is 8.78 Å². The molecule has 0 N–H and O–H groups in total. The summed E-state index contributed by atoms with van der Waals surface area (Å²) >= 11 is 0. The molecule has 0 spiro atoms. The number of halogens is 2. The Hall–Kier alpha value is -2.41. The number of nitrogens with zero attached hydrogens (tertiary/aromatic N) is 1. The molecule has 102 valence electrons. The van der Waals surface area contributed by atoms with Crippen molar-refractivity contribution in [2.75, 3.05) is 6.61 Å². The molecule has 0 saturated carbocycles. The van der Waals surface area contributed by atoms with Gasteiger partial charge in [-0.1, -0.05) is 12.0 Å². The van der Waals surface area contributed by atoms with Crippen LogP contribution in [0.15, 0.2) is 30.5 Å². The van der Waals surface area contributed by atoms with Crippen molar-refractivity contribution in [3.63, 3.8) is 0 Å². The zero-order chi connectivity index (χ0) is 14.5. The first-order valence-electron chi connectivity index (χ1n) is 6.17. The van der Waals surface area contributed by atoms with Gasteiger partial charge in [0.1, 0.15) is 5.69 Å². The van der Waals surface area contributed by atoms with Crippen LogP contribution < -0.4 is 4.74 Å². The lowest BCUT2D eigenvalue weighted by Crippen LogP contribution is -1.98. The summed E-state index contributed by atoms with van der Waals surface area (Å²) in [5.41, 5.74) is 1.49. The maximum absolute atomic E-state index is 13.8. The van der Waals surface area contributed by atoms with Gasteiger partial charge in [0.25, 0.3) is 0 Å². The highest BCUT2D eigenvalue weighted by Gasteiger charge is 2.12. The fraction of sp³-hybridized carbons (Fsp3) is 0.188. The highest BCUT2D eigenvalue weighted by molar-refractivity contribution is 5.44. The minimum absolute atomic E-state index is 0.0201. The largest absolute Gasteiger partial charge is 0.491 e. The van der Waals surface area contributed by atoms with Crippen LogP contribution in [-0.4, -0.2) is 11.6 Å². The van der Waals surface area contributed by atoms with Gasteiger partial charge in [0, 0.05) is 6.20 Å². The predicted molar refractivity (Wildman–Crippen MR) is 72.5 cm³/mol. The van der Waals surface area contributed by atoms with E-state index in [0.29, 0.717) is 5.69 Å². The zero-order valence-electron chi connectivity index (χ0n) is 11.2. The smallest absolute Gasteiger partial charge is 0.201 e. The first kappa shape index (κ1) is 14.0. The number of aromatic nitrogens is 1. The minimum Gasteiger partial charge on any atom is -0.491 e. The number of aryl methyl sites for hydroxylation is 1. The second-order valence-electron chi connectivity index (χ2n) is 4.14. The van der Waals surface area contributed by atoms with E-state index in [1.807, 2.05) is 13.0 Å². The molecule has 1 heterocycles. The molecular weight excluding hydrogens is 260 g/mol. The number of benzene rings is 1. The molecule has 0 radical (unpaired) electrons. The maximum Gasteiger partial charge on any atom is 0.201 e. The van der Waals surface area contributed by atoms with Crippen LogP contribution in [0, 0.1) is 30.4 Å². The summed E-state index contributed by atoms with van der Waals surface area (Å²) in [5, 5.41) is 0. The molecule has 0 unspecified atom stereocenters. The summed E-state index contributed by atoms with van der Waals surface area (Å²) in [4.78, 5) is 4.08. The fourth-order valence-corrected chi connectivity index (χ4v) is 1.57. The van der Waals surface area contributed by atoms with Crippen LogP contribution in [0.2, 0.25) is 0 Å². The average molecular weight is 273 g/mol. The third kappa shape index (κ3) is 3.12. The molecule has 0 aliphatic carbocycles. The van der Waals surface area contributed by atoms with Gasteiger partial charge in [-0.2, -0.15) is 4.39 Å². The van der Waals surface area contributed by atoms with E-state index in [1.54, 1.807) is 19.2 Å². The van der Waals surface area contributed by atoms with Crippen molar-refractivity contribution in [1.82, 2.24) is 4.98 Å². The third-order valence-corrected chi connectivity index (χ3v) is 2.58. The molecule has 1 aromatic carbocycles. The monoisotopic (exact) mass is 273 g/mol. The van der Waals surface area contributed by atoms with Crippen LogP contribution in [0.3, 0.4) is 0 Å². The van der Waals surface area contributed by atoms with Gasteiger partial charge in [0.05, 0.1) is 12.2 Å². The topological polar surface area (TPSA) is 22.1 Å². The van der Waals surface area contributed by atoms with Gasteiger partial charge in [-0.25, -0.2) is 9.37 Å². The molecule has 0 bridgehead atoms. The van der Waals surface area contributed by atoms with Gasteiger partial charge in [0.2, 0.25) is 5.82 Å². The number of hydrogen-bond acceptors (Lipinski definition) is 2. The molecule has 0 atom stereocenters. The van der Waals surface area contributed by atoms with Crippen molar-refractivity contribution in [1.29, 1.82) is 0 Å². The highest BCUT2D eigenvalue weighted by Crippen LogP contribution is 2.22. The Morgan fingerprint density at radius 3 is 2.55 bits per heavy atom. The van der Waals surface area contributed by atoms with Crippen LogP contribution in [0.4, 0.5) is 8.78 Å². The van der Waals surface area contributed by atoms with Crippen molar-refractivity contribution in [3.8, 4) is 17.6 Å². The van der Waals surface area contributed by atoms with Crippen LogP contribution in [0.5, 0.6) is 5.75 Å². The van der Waals surface area contributed by atoms with Gasteiger partial charge >= 0.3 is 0 Å². The molecule has 0 saturated heterocycles. The Morgan fingerprint density at radius 1 is 1.10 bits per heavy atom. The van der Waals surface area contributed by atoms with Gasteiger partial charge in [-0.05, 0) is 43.5 Å².